The highest BCUT2D eigenvalue weighted by Gasteiger charge is 2.10. The molecule has 2 aromatic rings. The number of rotatable bonds is 3. The van der Waals surface area contributed by atoms with Gasteiger partial charge in [0, 0.05) is 17.9 Å². The predicted molar refractivity (Wildman–Crippen MR) is 77.9 cm³/mol. The molecule has 0 fully saturated rings. The number of nitrogens with one attached hydrogen (secondary N) is 2. The lowest BCUT2D eigenvalue weighted by atomic mass is 10.0. The number of methoxy groups -OCH3 is 1. The molecule has 0 spiro atoms. The second-order valence-corrected chi connectivity index (χ2v) is 4.78. The fourth-order valence-electron chi connectivity index (χ4n) is 2.16. The summed E-state index contributed by atoms with van der Waals surface area (Å²) in [5, 5.41) is 6.58. The number of hydrogen-bond donors (Lipinski definition) is 2. The maximum absolute atomic E-state index is 5.82. The minimum absolute atomic E-state index is 0.0963. The minimum Gasteiger partial charge on any atom is -0.467 e. The van der Waals surface area contributed by atoms with Gasteiger partial charge in [-0.05, 0) is 48.2 Å². The summed E-state index contributed by atoms with van der Waals surface area (Å²) in [5.41, 5.74) is 3.39. The molecule has 20 heavy (non-hydrogen) atoms. The topological polar surface area (TPSA) is 72.0 Å². The number of anilines is 3. The first-order valence-corrected chi connectivity index (χ1v) is 6.72. The Morgan fingerprint density at radius 1 is 1.30 bits per heavy atom. The average molecular weight is 292 g/mol. The Bertz CT molecular complexity index is 634. The molecule has 1 aromatic heterocycles. The standard InChI is InChI=1S/C13H14ClN5O/c1-20-13-18-11(14)17-12(19-13)16-9-4-5-10-8(7-9)3-2-6-15-10/h4-5,7,15H,2-3,6H2,1H3,(H,16,17,18,19). The largest absolute Gasteiger partial charge is 0.467 e. The molecule has 6 nitrogen and oxygen atoms in total. The fraction of sp³-hybridized carbons (Fsp3) is 0.308. The minimum atomic E-state index is 0.0963. The fourth-order valence-corrected chi connectivity index (χ4v) is 2.31. The lowest BCUT2D eigenvalue weighted by Gasteiger charge is -2.18. The maximum atomic E-state index is 5.82. The van der Waals surface area contributed by atoms with Crippen LogP contribution >= 0.6 is 11.6 Å². The number of hydrogen-bond acceptors (Lipinski definition) is 6. The number of fused-ring (bicyclic) bond motifs is 1. The van der Waals surface area contributed by atoms with Crippen LogP contribution in [0.5, 0.6) is 6.01 Å². The molecule has 2 heterocycles. The average Bonchev–Trinajstić information content (AvgIpc) is 2.46. The molecule has 2 N–H and O–H groups in total. The van der Waals surface area contributed by atoms with E-state index in [4.69, 9.17) is 16.3 Å². The SMILES string of the molecule is COc1nc(Cl)nc(Nc2ccc3c(c2)CCCN3)n1. The molecule has 1 aliphatic heterocycles. The van der Waals surface area contributed by atoms with Crippen LogP contribution in [-0.4, -0.2) is 28.6 Å². The molecule has 0 saturated heterocycles. The van der Waals surface area contributed by atoms with Gasteiger partial charge in [0.2, 0.25) is 11.2 Å². The van der Waals surface area contributed by atoms with Crippen LogP contribution in [0.1, 0.15) is 12.0 Å². The third-order valence-corrected chi connectivity index (χ3v) is 3.24. The van der Waals surface area contributed by atoms with Crippen molar-refractivity contribution in [1.82, 2.24) is 15.0 Å². The van der Waals surface area contributed by atoms with Gasteiger partial charge in [0.05, 0.1) is 7.11 Å². The molecule has 7 heteroatoms. The van der Waals surface area contributed by atoms with Gasteiger partial charge >= 0.3 is 6.01 Å². The number of ether oxygens (including phenoxy) is 1. The van der Waals surface area contributed by atoms with Crippen molar-refractivity contribution in [3.63, 3.8) is 0 Å². The van der Waals surface area contributed by atoms with Crippen LogP contribution < -0.4 is 15.4 Å². The van der Waals surface area contributed by atoms with Gasteiger partial charge in [-0.2, -0.15) is 15.0 Å². The Balaban J connectivity index is 1.85. The van der Waals surface area contributed by atoms with E-state index in [9.17, 15) is 0 Å². The number of halogens is 1. The Kier molecular flexibility index (Phi) is 3.56. The molecule has 3 rings (SSSR count). The van der Waals surface area contributed by atoms with E-state index in [0.717, 1.165) is 25.1 Å². The van der Waals surface area contributed by atoms with Crippen LogP contribution in [0.4, 0.5) is 17.3 Å². The Morgan fingerprint density at radius 2 is 2.20 bits per heavy atom. The molecule has 0 radical (unpaired) electrons. The van der Waals surface area contributed by atoms with Gasteiger partial charge in [-0.15, -0.1) is 0 Å². The van der Waals surface area contributed by atoms with E-state index in [0.29, 0.717) is 5.95 Å². The van der Waals surface area contributed by atoms with E-state index in [1.165, 1.54) is 18.4 Å². The summed E-state index contributed by atoms with van der Waals surface area (Å²) in [4.78, 5) is 12.0. The van der Waals surface area contributed by atoms with Crippen molar-refractivity contribution in [2.24, 2.45) is 0 Å². The van der Waals surface area contributed by atoms with Crippen molar-refractivity contribution < 1.29 is 4.74 Å². The smallest absolute Gasteiger partial charge is 0.322 e. The third-order valence-electron chi connectivity index (χ3n) is 3.07. The zero-order valence-electron chi connectivity index (χ0n) is 11.0. The van der Waals surface area contributed by atoms with Crippen molar-refractivity contribution in [1.29, 1.82) is 0 Å². The van der Waals surface area contributed by atoms with E-state index in [1.807, 2.05) is 6.07 Å². The van der Waals surface area contributed by atoms with Gasteiger partial charge in [0.15, 0.2) is 0 Å². The van der Waals surface area contributed by atoms with Gasteiger partial charge in [-0.25, -0.2) is 0 Å². The molecule has 1 aromatic carbocycles. The highest BCUT2D eigenvalue weighted by Crippen LogP contribution is 2.26. The summed E-state index contributed by atoms with van der Waals surface area (Å²) < 4.78 is 4.97. The zero-order chi connectivity index (χ0) is 13.9. The molecule has 0 aliphatic carbocycles. The molecule has 104 valence electrons. The van der Waals surface area contributed by atoms with Crippen molar-refractivity contribution in [3.8, 4) is 6.01 Å². The van der Waals surface area contributed by atoms with Gasteiger partial charge in [-0.3, -0.25) is 0 Å². The lowest BCUT2D eigenvalue weighted by Crippen LogP contribution is -2.11. The number of nitrogens with zero attached hydrogens (tertiary/aromatic N) is 3. The Labute approximate surface area is 121 Å². The number of aromatic nitrogens is 3. The summed E-state index contributed by atoms with van der Waals surface area (Å²) in [6.07, 6.45) is 2.21. The summed E-state index contributed by atoms with van der Waals surface area (Å²) in [6, 6.07) is 6.30. The van der Waals surface area contributed by atoms with E-state index < -0.39 is 0 Å². The van der Waals surface area contributed by atoms with Crippen molar-refractivity contribution in [2.45, 2.75) is 12.8 Å². The summed E-state index contributed by atoms with van der Waals surface area (Å²) in [7, 11) is 1.49. The molecule has 1 aliphatic rings. The normalized spacial score (nSPS) is 13.3. The molecule has 0 amide bonds. The molecule has 0 unspecified atom stereocenters. The number of benzene rings is 1. The summed E-state index contributed by atoms with van der Waals surface area (Å²) in [6.45, 7) is 1.03. The Hall–Kier alpha value is -2.08. The van der Waals surface area contributed by atoms with Crippen LogP contribution in [-0.2, 0) is 6.42 Å². The quantitative estimate of drug-likeness (QED) is 0.906. The monoisotopic (exact) mass is 291 g/mol. The van der Waals surface area contributed by atoms with E-state index in [1.54, 1.807) is 0 Å². The highest BCUT2D eigenvalue weighted by atomic mass is 35.5. The van der Waals surface area contributed by atoms with E-state index in [-0.39, 0.29) is 11.3 Å². The van der Waals surface area contributed by atoms with Crippen LogP contribution in [0.2, 0.25) is 5.28 Å². The molecule has 0 bridgehead atoms. The van der Waals surface area contributed by atoms with Gasteiger partial charge < -0.3 is 15.4 Å². The summed E-state index contributed by atoms with van der Waals surface area (Å²) in [5.74, 6) is 0.366. The molecule has 0 atom stereocenters. The van der Waals surface area contributed by atoms with Gasteiger partial charge in [0.1, 0.15) is 0 Å². The van der Waals surface area contributed by atoms with Crippen LogP contribution in [0.25, 0.3) is 0 Å². The predicted octanol–water partition coefficient (Wildman–Crippen LogP) is 2.64. The maximum Gasteiger partial charge on any atom is 0.322 e. The van der Waals surface area contributed by atoms with Gasteiger partial charge in [0.25, 0.3) is 0 Å². The van der Waals surface area contributed by atoms with Crippen LogP contribution in [0.3, 0.4) is 0 Å². The first-order valence-electron chi connectivity index (χ1n) is 6.34. The second kappa shape index (κ2) is 5.50. The van der Waals surface area contributed by atoms with Crippen molar-refractivity contribution >= 4 is 28.9 Å². The van der Waals surface area contributed by atoms with Gasteiger partial charge in [-0.1, -0.05) is 0 Å². The third kappa shape index (κ3) is 2.75. The number of aryl methyl sites for hydroxylation is 1. The van der Waals surface area contributed by atoms with Crippen LogP contribution in [0.15, 0.2) is 18.2 Å². The second-order valence-electron chi connectivity index (χ2n) is 4.44. The van der Waals surface area contributed by atoms with Crippen LogP contribution in [0, 0.1) is 0 Å². The highest BCUT2D eigenvalue weighted by molar-refractivity contribution is 6.28. The first-order chi connectivity index (χ1) is 9.74. The molecular weight excluding hydrogens is 278 g/mol. The summed E-state index contributed by atoms with van der Waals surface area (Å²) >= 11 is 5.82. The van der Waals surface area contributed by atoms with Crippen molar-refractivity contribution in [3.05, 3.63) is 29.0 Å². The van der Waals surface area contributed by atoms with E-state index in [2.05, 4.69) is 37.7 Å². The Morgan fingerprint density at radius 3 is 3.05 bits per heavy atom. The lowest BCUT2D eigenvalue weighted by molar-refractivity contribution is 0.379. The van der Waals surface area contributed by atoms with E-state index >= 15 is 0 Å². The molecule has 0 saturated carbocycles. The zero-order valence-corrected chi connectivity index (χ0v) is 11.7. The van der Waals surface area contributed by atoms with Crippen molar-refractivity contribution in [2.75, 3.05) is 24.3 Å². The first kappa shape index (κ1) is 12.9. The molecular formula is C13H14ClN5O.